The first-order chi connectivity index (χ1) is 10.1. The molecule has 0 fully saturated rings. The Bertz CT molecular complexity index is 692. The lowest BCUT2D eigenvalue weighted by Gasteiger charge is -2.08. The van der Waals surface area contributed by atoms with Gasteiger partial charge in [-0.1, -0.05) is 23.2 Å². The predicted molar refractivity (Wildman–Crippen MR) is 80.6 cm³/mol. The van der Waals surface area contributed by atoms with Gasteiger partial charge in [0.05, 0.1) is 15.6 Å². The quantitative estimate of drug-likeness (QED) is 0.736. The van der Waals surface area contributed by atoms with Crippen LogP contribution in [0, 0.1) is 11.3 Å². The Hall–Kier alpha value is -2.23. The largest absolute Gasteiger partial charge is 0.367 e. The Morgan fingerprint density at radius 3 is 2.86 bits per heavy atom. The third-order valence-electron chi connectivity index (χ3n) is 2.57. The molecule has 0 radical (unpaired) electrons. The summed E-state index contributed by atoms with van der Waals surface area (Å²) in [6.07, 6.45) is 2.96. The van der Waals surface area contributed by atoms with Crippen molar-refractivity contribution < 1.29 is 4.79 Å². The van der Waals surface area contributed by atoms with Crippen LogP contribution in [0.3, 0.4) is 0 Å². The van der Waals surface area contributed by atoms with Gasteiger partial charge in [0, 0.05) is 25.5 Å². The molecule has 1 amide bonds. The van der Waals surface area contributed by atoms with Crippen molar-refractivity contribution in [3.8, 4) is 6.07 Å². The van der Waals surface area contributed by atoms with E-state index in [4.69, 9.17) is 28.5 Å². The highest BCUT2D eigenvalue weighted by molar-refractivity contribution is 6.35. The van der Waals surface area contributed by atoms with Crippen LogP contribution in [0.15, 0.2) is 24.5 Å². The second-order valence-electron chi connectivity index (χ2n) is 4.08. The fourth-order valence-electron chi connectivity index (χ4n) is 1.59. The maximum Gasteiger partial charge on any atom is 0.267 e. The van der Waals surface area contributed by atoms with Gasteiger partial charge in [0.1, 0.15) is 17.6 Å². The molecule has 3 N–H and O–H groups in total. The average molecular weight is 324 g/mol. The van der Waals surface area contributed by atoms with Crippen LogP contribution < -0.4 is 10.6 Å². The summed E-state index contributed by atoms with van der Waals surface area (Å²) in [7, 11) is 0. The molecule has 0 aliphatic carbocycles. The van der Waals surface area contributed by atoms with Crippen molar-refractivity contribution in [2.24, 2.45) is 0 Å². The van der Waals surface area contributed by atoms with Crippen LogP contribution in [0.1, 0.15) is 16.1 Å². The molecule has 0 unspecified atom stereocenters. The van der Waals surface area contributed by atoms with Crippen molar-refractivity contribution in [1.82, 2.24) is 15.3 Å². The lowest BCUT2D eigenvalue weighted by atomic mass is 10.3. The number of halogens is 2. The van der Waals surface area contributed by atoms with Crippen LogP contribution >= 0.6 is 23.2 Å². The van der Waals surface area contributed by atoms with E-state index in [1.807, 2.05) is 6.07 Å². The monoisotopic (exact) mass is 323 g/mol. The molecule has 0 aliphatic rings. The van der Waals surface area contributed by atoms with E-state index in [1.54, 1.807) is 6.07 Å². The Labute approximate surface area is 131 Å². The molecule has 8 heteroatoms. The topological polar surface area (TPSA) is 93.6 Å². The molecule has 6 nitrogen and oxygen atoms in total. The molecule has 21 heavy (non-hydrogen) atoms. The maximum atomic E-state index is 11.8. The highest BCUT2D eigenvalue weighted by Gasteiger charge is 2.08. The minimum absolute atomic E-state index is 0.284. The molecular weight excluding hydrogens is 313 g/mol. The first-order valence-electron chi connectivity index (χ1n) is 6.02. The van der Waals surface area contributed by atoms with E-state index in [-0.39, 0.29) is 5.91 Å². The summed E-state index contributed by atoms with van der Waals surface area (Å²) >= 11 is 11.7. The third-order valence-corrected chi connectivity index (χ3v) is 3.06. The van der Waals surface area contributed by atoms with Gasteiger partial charge in [0.2, 0.25) is 0 Å². The molecule has 108 valence electrons. The van der Waals surface area contributed by atoms with E-state index in [2.05, 4.69) is 20.6 Å². The first-order valence-corrected chi connectivity index (χ1v) is 6.77. The molecule has 0 aromatic carbocycles. The van der Waals surface area contributed by atoms with Crippen LogP contribution in [-0.4, -0.2) is 29.0 Å². The summed E-state index contributed by atoms with van der Waals surface area (Å²) in [4.78, 5) is 18.5. The summed E-state index contributed by atoms with van der Waals surface area (Å²) in [5.74, 6) is 0.218. The number of aromatic nitrogens is 2. The number of carbonyl (C=O) groups is 1. The minimum atomic E-state index is -0.284. The standard InChI is InChI=1S/C13H11Cl2N5O/c14-9-4-10(15)12(20-7-9)17-1-2-18-13(21)11-3-8(5-16)6-19-11/h3-4,6-7,19H,1-2H2,(H,17,20)(H,18,21). The van der Waals surface area contributed by atoms with E-state index in [1.165, 1.54) is 18.5 Å². The van der Waals surface area contributed by atoms with Crippen LogP contribution in [0.5, 0.6) is 0 Å². The van der Waals surface area contributed by atoms with Crippen LogP contribution in [0.2, 0.25) is 10.0 Å². The molecule has 0 spiro atoms. The second-order valence-corrected chi connectivity index (χ2v) is 4.92. The molecule has 2 rings (SSSR count). The van der Waals surface area contributed by atoms with Gasteiger partial charge in [0.25, 0.3) is 5.91 Å². The number of hydrogen-bond acceptors (Lipinski definition) is 4. The SMILES string of the molecule is N#Cc1c[nH]c(C(=O)NCCNc2ncc(Cl)cc2Cl)c1. The maximum absolute atomic E-state index is 11.8. The van der Waals surface area contributed by atoms with Crippen molar-refractivity contribution in [1.29, 1.82) is 5.26 Å². The van der Waals surface area contributed by atoms with Gasteiger partial charge in [-0.3, -0.25) is 4.79 Å². The smallest absolute Gasteiger partial charge is 0.267 e. The fraction of sp³-hybridized carbons (Fsp3) is 0.154. The van der Waals surface area contributed by atoms with E-state index < -0.39 is 0 Å². The average Bonchev–Trinajstić information content (AvgIpc) is 2.94. The number of H-pyrrole nitrogens is 1. The molecule has 0 aliphatic heterocycles. The Balaban J connectivity index is 1.79. The Kier molecular flexibility index (Phi) is 5.04. The lowest BCUT2D eigenvalue weighted by molar-refractivity contribution is 0.0951. The highest BCUT2D eigenvalue weighted by Crippen LogP contribution is 2.21. The van der Waals surface area contributed by atoms with Gasteiger partial charge in [-0.25, -0.2) is 4.98 Å². The van der Waals surface area contributed by atoms with Gasteiger partial charge in [-0.2, -0.15) is 5.26 Å². The van der Waals surface area contributed by atoms with Gasteiger partial charge in [0.15, 0.2) is 0 Å². The van der Waals surface area contributed by atoms with Gasteiger partial charge in [-0.15, -0.1) is 0 Å². The number of aromatic amines is 1. The molecule has 0 atom stereocenters. The third kappa shape index (κ3) is 4.12. The second kappa shape index (κ2) is 6.97. The molecule has 0 saturated heterocycles. The van der Waals surface area contributed by atoms with Crippen molar-refractivity contribution in [2.75, 3.05) is 18.4 Å². The minimum Gasteiger partial charge on any atom is -0.367 e. The number of nitrogens with zero attached hydrogens (tertiary/aromatic N) is 2. The van der Waals surface area contributed by atoms with E-state index in [0.717, 1.165) is 0 Å². The van der Waals surface area contributed by atoms with Gasteiger partial charge < -0.3 is 15.6 Å². The van der Waals surface area contributed by atoms with Crippen LogP contribution in [0.4, 0.5) is 5.82 Å². The van der Waals surface area contributed by atoms with Crippen molar-refractivity contribution in [3.05, 3.63) is 45.8 Å². The van der Waals surface area contributed by atoms with E-state index >= 15 is 0 Å². The van der Waals surface area contributed by atoms with E-state index in [9.17, 15) is 4.79 Å². The summed E-state index contributed by atoms with van der Waals surface area (Å²) in [5, 5.41) is 15.2. The zero-order valence-corrected chi connectivity index (χ0v) is 12.3. The van der Waals surface area contributed by atoms with E-state index in [0.29, 0.717) is 40.2 Å². The number of hydrogen-bond donors (Lipinski definition) is 3. The predicted octanol–water partition coefficient (Wildman–Crippen LogP) is 2.43. The number of nitriles is 1. The lowest BCUT2D eigenvalue weighted by Crippen LogP contribution is -2.29. The number of anilines is 1. The number of nitrogens with one attached hydrogen (secondary N) is 3. The molecule has 2 heterocycles. The van der Waals surface area contributed by atoms with Crippen LogP contribution in [0.25, 0.3) is 0 Å². The fourth-order valence-corrected chi connectivity index (χ4v) is 2.03. The first kappa shape index (κ1) is 15.2. The summed E-state index contributed by atoms with van der Waals surface area (Å²) < 4.78 is 0. The number of pyridine rings is 1. The highest BCUT2D eigenvalue weighted by atomic mass is 35.5. The van der Waals surface area contributed by atoms with Gasteiger partial charge >= 0.3 is 0 Å². The van der Waals surface area contributed by atoms with Crippen molar-refractivity contribution in [2.45, 2.75) is 0 Å². The zero-order valence-electron chi connectivity index (χ0n) is 10.8. The normalized spacial score (nSPS) is 9.95. The summed E-state index contributed by atoms with van der Waals surface area (Å²) in [6.45, 7) is 0.826. The molecule has 2 aromatic heterocycles. The zero-order chi connectivity index (χ0) is 15.2. The summed E-state index contributed by atoms with van der Waals surface area (Å²) in [5.41, 5.74) is 0.754. The molecule has 0 bridgehead atoms. The Morgan fingerprint density at radius 2 is 2.19 bits per heavy atom. The van der Waals surface area contributed by atoms with Crippen molar-refractivity contribution in [3.63, 3.8) is 0 Å². The number of rotatable bonds is 5. The molecular formula is C13H11Cl2N5O. The van der Waals surface area contributed by atoms with Gasteiger partial charge in [-0.05, 0) is 12.1 Å². The number of amides is 1. The summed E-state index contributed by atoms with van der Waals surface area (Å²) in [6, 6.07) is 5.01. The number of carbonyl (C=O) groups excluding carboxylic acids is 1. The molecule has 0 saturated carbocycles. The molecule has 2 aromatic rings. The van der Waals surface area contributed by atoms with Crippen molar-refractivity contribution >= 4 is 34.9 Å². The van der Waals surface area contributed by atoms with Crippen LogP contribution in [-0.2, 0) is 0 Å². The Morgan fingerprint density at radius 1 is 1.38 bits per heavy atom.